The standard InChI is InChI=1S/C26H23NO3/c1-30-26(29)24(16-18-10-12-20-6-2-4-8-22(20)14-18)27-25(28)17-19-11-13-21-7-3-5-9-23(21)15-19/h2-15,24H,16-17H2,1H3,(H,27,28)/t24-/m1/s1. The first-order chi connectivity index (χ1) is 14.6. The zero-order valence-corrected chi connectivity index (χ0v) is 16.8. The SMILES string of the molecule is COC(=O)[C@@H](Cc1ccc2ccccc2c1)NC(=O)Cc1ccc2ccccc2c1. The molecular formula is C26H23NO3. The second kappa shape index (κ2) is 8.78. The molecule has 0 heterocycles. The molecule has 4 nitrogen and oxygen atoms in total. The molecule has 30 heavy (non-hydrogen) atoms. The van der Waals surface area contributed by atoms with Gasteiger partial charge in [-0.05, 0) is 32.7 Å². The fourth-order valence-electron chi connectivity index (χ4n) is 3.72. The Morgan fingerprint density at radius 1 is 0.767 bits per heavy atom. The van der Waals surface area contributed by atoms with Crippen molar-refractivity contribution in [1.29, 1.82) is 0 Å². The summed E-state index contributed by atoms with van der Waals surface area (Å²) in [5.41, 5.74) is 1.87. The lowest BCUT2D eigenvalue weighted by atomic mass is 10.0. The topological polar surface area (TPSA) is 55.4 Å². The molecule has 0 bridgehead atoms. The summed E-state index contributed by atoms with van der Waals surface area (Å²) in [4.78, 5) is 25.0. The molecule has 1 atom stereocenters. The molecule has 4 aromatic carbocycles. The maximum absolute atomic E-state index is 12.7. The van der Waals surface area contributed by atoms with Crippen molar-refractivity contribution in [3.05, 3.63) is 96.1 Å². The molecule has 4 heteroatoms. The summed E-state index contributed by atoms with van der Waals surface area (Å²) < 4.78 is 4.93. The summed E-state index contributed by atoms with van der Waals surface area (Å²) in [6.07, 6.45) is 0.580. The first-order valence-electron chi connectivity index (χ1n) is 9.95. The van der Waals surface area contributed by atoms with E-state index < -0.39 is 12.0 Å². The molecule has 0 radical (unpaired) electrons. The van der Waals surface area contributed by atoms with Crippen LogP contribution in [0.15, 0.2) is 84.9 Å². The number of hydrogen-bond acceptors (Lipinski definition) is 3. The molecule has 1 amide bonds. The van der Waals surface area contributed by atoms with Crippen molar-refractivity contribution in [3.63, 3.8) is 0 Å². The highest BCUT2D eigenvalue weighted by atomic mass is 16.5. The number of ether oxygens (including phenoxy) is 1. The van der Waals surface area contributed by atoms with E-state index in [0.717, 1.165) is 32.7 Å². The highest BCUT2D eigenvalue weighted by Crippen LogP contribution is 2.18. The number of benzene rings is 4. The van der Waals surface area contributed by atoms with Crippen molar-refractivity contribution >= 4 is 33.4 Å². The lowest BCUT2D eigenvalue weighted by Crippen LogP contribution is -2.43. The van der Waals surface area contributed by atoms with Crippen LogP contribution in [0.3, 0.4) is 0 Å². The van der Waals surface area contributed by atoms with E-state index in [2.05, 4.69) is 5.32 Å². The molecule has 0 fully saturated rings. The van der Waals surface area contributed by atoms with Gasteiger partial charge in [-0.15, -0.1) is 0 Å². The van der Waals surface area contributed by atoms with Crippen molar-refractivity contribution in [1.82, 2.24) is 5.32 Å². The maximum Gasteiger partial charge on any atom is 0.328 e. The van der Waals surface area contributed by atoms with Crippen LogP contribution < -0.4 is 5.32 Å². The molecule has 0 aromatic heterocycles. The number of methoxy groups -OCH3 is 1. The fraction of sp³-hybridized carbons (Fsp3) is 0.154. The zero-order valence-electron chi connectivity index (χ0n) is 16.8. The Bertz CT molecular complexity index is 1220. The predicted molar refractivity (Wildman–Crippen MR) is 119 cm³/mol. The molecular weight excluding hydrogens is 374 g/mol. The Balaban J connectivity index is 1.48. The van der Waals surface area contributed by atoms with Gasteiger partial charge >= 0.3 is 5.97 Å². The number of fused-ring (bicyclic) bond motifs is 2. The first-order valence-corrected chi connectivity index (χ1v) is 9.95. The van der Waals surface area contributed by atoms with Crippen molar-refractivity contribution in [2.75, 3.05) is 7.11 Å². The molecule has 1 N–H and O–H groups in total. The van der Waals surface area contributed by atoms with Crippen LogP contribution in [0, 0.1) is 0 Å². The van der Waals surface area contributed by atoms with Crippen LogP contribution in [-0.2, 0) is 27.2 Å². The smallest absolute Gasteiger partial charge is 0.328 e. The van der Waals surface area contributed by atoms with Crippen LogP contribution in [0.2, 0.25) is 0 Å². The number of nitrogens with one attached hydrogen (secondary N) is 1. The first kappa shape index (κ1) is 19.6. The van der Waals surface area contributed by atoms with Crippen molar-refractivity contribution in [2.45, 2.75) is 18.9 Å². The maximum atomic E-state index is 12.7. The van der Waals surface area contributed by atoms with Gasteiger partial charge in [0.25, 0.3) is 0 Å². The van der Waals surface area contributed by atoms with Gasteiger partial charge in [-0.25, -0.2) is 4.79 Å². The summed E-state index contributed by atoms with van der Waals surface area (Å²) in [5, 5.41) is 7.30. The molecule has 0 saturated carbocycles. The van der Waals surface area contributed by atoms with Gasteiger partial charge in [0.1, 0.15) is 6.04 Å². The Morgan fingerprint density at radius 3 is 1.90 bits per heavy atom. The molecule has 4 rings (SSSR count). The van der Waals surface area contributed by atoms with Gasteiger partial charge in [0, 0.05) is 6.42 Å². The fourth-order valence-corrected chi connectivity index (χ4v) is 3.72. The van der Waals surface area contributed by atoms with E-state index in [0.29, 0.717) is 6.42 Å². The van der Waals surface area contributed by atoms with Gasteiger partial charge < -0.3 is 10.1 Å². The monoisotopic (exact) mass is 397 g/mol. The average molecular weight is 397 g/mol. The number of carbonyl (C=O) groups excluding carboxylic acids is 2. The van der Waals surface area contributed by atoms with Crippen LogP contribution in [0.25, 0.3) is 21.5 Å². The van der Waals surface area contributed by atoms with Gasteiger partial charge in [-0.1, -0.05) is 84.9 Å². The Labute approximate surface area is 175 Å². The number of hydrogen-bond donors (Lipinski definition) is 1. The van der Waals surface area contributed by atoms with E-state index >= 15 is 0 Å². The summed E-state index contributed by atoms with van der Waals surface area (Å²) in [6, 6.07) is 27.3. The summed E-state index contributed by atoms with van der Waals surface area (Å²) in [7, 11) is 1.34. The highest BCUT2D eigenvalue weighted by molar-refractivity contribution is 5.88. The summed E-state index contributed by atoms with van der Waals surface area (Å²) >= 11 is 0. The van der Waals surface area contributed by atoms with Crippen molar-refractivity contribution in [3.8, 4) is 0 Å². The Morgan fingerprint density at radius 2 is 1.30 bits per heavy atom. The quantitative estimate of drug-likeness (QED) is 0.490. The third-order valence-electron chi connectivity index (χ3n) is 5.25. The summed E-state index contributed by atoms with van der Waals surface area (Å²) in [5.74, 6) is -0.656. The van der Waals surface area contributed by atoms with Crippen LogP contribution in [0.1, 0.15) is 11.1 Å². The number of amides is 1. The minimum Gasteiger partial charge on any atom is -0.467 e. The molecule has 0 spiro atoms. The molecule has 0 aliphatic rings. The minimum atomic E-state index is -0.732. The van der Waals surface area contributed by atoms with E-state index in [-0.39, 0.29) is 12.3 Å². The van der Waals surface area contributed by atoms with Crippen molar-refractivity contribution in [2.24, 2.45) is 0 Å². The Hall–Kier alpha value is -3.66. The van der Waals surface area contributed by atoms with Crippen LogP contribution in [-0.4, -0.2) is 25.0 Å². The second-order valence-corrected chi connectivity index (χ2v) is 7.39. The van der Waals surface area contributed by atoms with Gasteiger partial charge in [0.2, 0.25) is 5.91 Å². The number of carbonyl (C=O) groups is 2. The molecule has 0 aliphatic heterocycles. The lowest BCUT2D eigenvalue weighted by molar-refractivity contribution is -0.145. The minimum absolute atomic E-state index is 0.204. The molecule has 150 valence electrons. The highest BCUT2D eigenvalue weighted by Gasteiger charge is 2.22. The Kier molecular flexibility index (Phi) is 5.75. The third-order valence-corrected chi connectivity index (χ3v) is 5.25. The van der Waals surface area contributed by atoms with Gasteiger partial charge in [-0.3, -0.25) is 4.79 Å². The van der Waals surface area contributed by atoms with Crippen LogP contribution >= 0.6 is 0 Å². The van der Waals surface area contributed by atoms with E-state index in [1.807, 2.05) is 84.9 Å². The van der Waals surface area contributed by atoms with Gasteiger partial charge in [0.15, 0.2) is 0 Å². The average Bonchev–Trinajstić information content (AvgIpc) is 2.78. The molecule has 0 aliphatic carbocycles. The lowest BCUT2D eigenvalue weighted by Gasteiger charge is -2.17. The molecule has 0 saturated heterocycles. The third kappa shape index (κ3) is 4.49. The van der Waals surface area contributed by atoms with Crippen LogP contribution in [0.5, 0.6) is 0 Å². The summed E-state index contributed by atoms with van der Waals surface area (Å²) in [6.45, 7) is 0. The van der Waals surface area contributed by atoms with E-state index in [4.69, 9.17) is 4.74 Å². The van der Waals surface area contributed by atoms with E-state index in [1.165, 1.54) is 7.11 Å². The largest absolute Gasteiger partial charge is 0.467 e. The number of rotatable bonds is 6. The molecule has 4 aromatic rings. The van der Waals surface area contributed by atoms with E-state index in [9.17, 15) is 9.59 Å². The second-order valence-electron chi connectivity index (χ2n) is 7.39. The van der Waals surface area contributed by atoms with Gasteiger partial charge in [0.05, 0.1) is 13.5 Å². The van der Waals surface area contributed by atoms with Crippen molar-refractivity contribution < 1.29 is 14.3 Å². The van der Waals surface area contributed by atoms with E-state index in [1.54, 1.807) is 0 Å². The van der Waals surface area contributed by atoms with Crippen LogP contribution in [0.4, 0.5) is 0 Å². The van der Waals surface area contributed by atoms with Gasteiger partial charge in [-0.2, -0.15) is 0 Å². The predicted octanol–water partition coefficient (Wildman–Crippen LogP) is 4.44. The zero-order chi connectivity index (χ0) is 20.9. The molecule has 0 unspecified atom stereocenters. The number of esters is 1. The normalized spacial score (nSPS) is 11.9.